The molecule has 0 spiro atoms. The molecule has 2 rings (SSSR count). The fourth-order valence-electron chi connectivity index (χ4n) is 3.21. The SMILES string of the molecule is CCN1CCN(C2CCC(C)(C)C2N)CC1. The lowest BCUT2D eigenvalue weighted by atomic mass is 9.87. The summed E-state index contributed by atoms with van der Waals surface area (Å²) in [6, 6.07) is 0.995. The second kappa shape index (κ2) is 4.63. The maximum atomic E-state index is 6.40. The topological polar surface area (TPSA) is 32.5 Å². The Morgan fingerprint density at radius 2 is 1.81 bits per heavy atom. The first-order chi connectivity index (χ1) is 7.54. The van der Waals surface area contributed by atoms with Crippen LogP contribution in [-0.2, 0) is 0 Å². The summed E-state index contributed by atoms with van der Waals surface area (Å²) in [5.41, 5.74) is 6.74. The number of hydrogen-bond acceptors (Lipinski definition) is 3. The number of hydrogen-bond donors (Lipinski definition) is 1. The average molecular weight is 225 g/mol. The Balaban J connectivity index is 1.90. The Kier molecular flexibility index (Phi) is 3.57. The van der Waals surface area contributed by atoms with Crippen LogP contribution < -0.4 is 5.73 Å². The lowest BCUT2D eigenvalue weighted by Crippen LogP contribution is -2.55. The van der Waals surface area contributed by atoms with Crippen molar-refractivity contribution in [2.45, 2.75) is 45.7 Å². The minimum absolute atomic E-state index is 0.340. The molecule has 0 aromatic heterocycles. The Labute approximate surface area is 100.0 Å². The van der Waals surface area contributed by atoms with E-state index in [0.29, 0.717) is 17.5 Å². The van der Waals surface area contributed by atoms with Crippen molar-refractivity contribution in [3.05, 3.63) is 0 Å². The molecule has 3 nitrogen and oxygen atoms in total. The van der Waals surface area contributed by atoms with E-state index in [4.69, 9.17) is 5.73 Å². The van der Waals surface area contributed by atoms with Crippen molar-refractivity contribution in [3.63, 3.8) is 0 Å². The molecule has 3 heteroatoms. The van der Waals surface area contributed by atoms with Crippen LogP contribution in [0.15, 0.2) is 0 Å². The van der Waals surface area contributed by atoms with Gasteiger partial charge in [-0.3, -0.25) is 4.90 Å². The van der Waals surface area contributed by atoms with Crippen LogP contribution in [0, 0.1) is 5.41 Å². The van der Waals surface area contributed by atoms with Crippen LogP contribution >= 0.6 is 0 Å². The molecule has 2 atom stereocenters. The van der Waals surface area contributed by atoms with Gasteiger partial charge in [-0.05, 0) is 24.8 Å². The zero-order chi connectivity index (χ0) is 11.8. The second-order valence-electron chi connectivity index (χ2n) is 6.09. The van der Waals surface area contributed by atoms with Crippen molar-refractivity contribution < 1.29 is 0 Å². The summed E-state index contributed by atoms with van der Waals surface area (Å²) < 4.78 is 0. The molecule has 0 amide bonds. The van der Waals surface area contributed by atoms with Gasteiger partial charge in [-0.1, -0.05) is 20.8 Å². The van der Waals surface area contributed by atoms with Crippen LogP contribution in [0.5, 0.6) is 0 Å². The van der Waals surface area contributed by atoms with Crippen molar-refractivity contribution in [2.24, 2.45) is 11.1 Å². The Hall–Kier alpha value is -0.120. The van der Waals surface area contributed by atoms with Gasteiger partial charge in [-0.2, -0.15) is 0 Å². The quantitative estimate of drug-likeness (QED) is 0.765. The summed E-state index contributed by atoms with van der Waals surface area (Å²) in [7, 11) is 0. The molecule has 1 aliphatic carbocycles. The van der Waals surface area contributed by atoms with E-state index in [1.54, 1.807) is 0 Å². The maximum Gasteiger partial charge on any atom is 0.0253 e. The van der Waals surface area contributed by atoms with E-state index in [-0.39, 0.29) is 0 Å². The highest BCUT2D eigenvalue weighted by Crippen LogP contribution is 2.38. The van der Waals surface area contributed by atoms with E-state index >= 15 is 0 Å². The third-order valence-electron chi connectivity index (χ3n) is 4.72. The van der Waals surface area contributed by atoms with Gasteiger partial charge in [0, 0.05) is 38.3 Å². The minimum Gasteiger partial charge on any atom is -0.326 e. The molecule has 2 fully saturated rings. The number of rotatable bonds is 2. The molecule has 2 aliphatic rings. The van der Waals surface area contributed by atoms with E-state index in [1.807, 2.05) is 0 Å². The zero-order valence-corrected chi connectivity index (χ0v) is 11.1. The summed E-state index contributed by atoms with van der Waals surface area (Å²) in [5, 5.41) is 0. The molecule has 2 N–H and O–H groups in total. The molecular weight excluding hydrogens is 198 g/mol. The van der Waals surface area contributed by atoms with E-state index in [0.717, 1.165) is 0 Å². The normalized spacial score (nSPS) is 36.8. The first kappa shape index (κ1) is 12.3. The van der Waals surface area contributed by atoms with Crippen LogP contribution in [0.25, 0.3) is 0 Å². The number of likely N-dealkylation sites (N-methyl/N-ethyl adjacent to an activating group) is 1. The lowest BCUT2D eigenvalue weighted by Gasteiger charge is -2.40. The molecule has 16 heavy (non-hydrogen) atoms. The van der Waals surface area contributed by atoms with E-state index in [9.17, 15) is 0 Å². The van der Waals surface area contributed by atoms with Gasteiger partial charge in [0.05, 0.1) is 0 Å². The van der Waals surface area contributed by atoms with Crippen LogP contribution in [0.4, 0.5) is 0 Å². The Morgan fingerprint density at radius 1 is 1.19 bits per heavy atom. The van der Waals surface area contributed by atoms with Crippen molar-refractivity contribution >= 4 is 0 Å². The van der Waals surface area contributed by atoms with Crippen LogP contribution in [-0.4, -0.2) is 54.6 Å². The highest BCUT2D eigenvalue weighted by molar-refractivity contribution is 4.99. The molecule has 1 saturated heterocycles. The van der Waals surface area contributed by atoms with Crippen molar-refractivity contribution in [2.75, 3.05) is 32.7 Å². The third-order valence-corrected chi connectivity index (χ3v) is 4.72. The predicted octanol–water partition coefficient (Wildman–Crippen LogP) is 1.14. The molecule has 0 aromatic carbocycles. The predicted molar refractivity (Wildman–Crippen MR) is 68.5 cm³/mol. The highest BCUT2D eigenvalue weighted by Gasteiger charge is 2.42. The summed E-state index contributed by atoms with van der Waals surface area (Å²) in [6.07, 6.45) is 2.58. The maximum absolute atomic E-state index is 6.40. The van der Waals surface area contributed by atoms with Crippen LogP contribution in [0.1, 0.15) is 33.6 Å². The fourth-order valence-corrected chi connectivity index (χ4v) is 3.21. The monoisotopic (exact) mass is 225 g/mol. The van der Waals surface area contributed by atoms with Gasteiger partial charge in [-0.25, -0.2) is 0 Å². The van der Waals surface area contributed by atoms with Gasteiger partial charge in [0.2, 0.25) is 0 Å². The van der Waals surface area contributed by atoms with Gasteiger partial charge in [0.25, 0.3) is 0 Å². The van der Waals surface area contributed by atoms with Crippen molar-refractivity contribution in [3.8, 4) is 0 Å². The molecule has 0 aromatic rings. The van der Waals surface area contributed by atoms with E-state index in [2.05, 4.69) is 30.6 Å². The molecule has 0 bridgehead atoms. The van der Waals surface area contributed by atoms with E-state index < -0.39 is 0 Å². The first-order valence-electron chi connectivity index (χ1n) is 6.76. The molecule has 94 valence electrons. The number of nitrogens with zero attached hydrogens (tertiary/aromatic N) is 2. The van der Waals surface area contributed by atoms with Gasteiger partial charge < -0.3 is 10.6 Å². The average Bonchev–Trinajstić information content (AvgIpc) is 2.55. The molecule has 0 radical (unpaired) electrons. The first-order valence-corrected chi connectivity index (χ1v) is 6.76. The second-order valence-corrected chi connectivity index (χ2v) is 6.09. The fraction of sp³-hybridized carbons (Fsp3) is 1.00. The summed E-state index contributed by atoms with van der Waals surface area (Å²) in [6.45, 7) is 12.9. The Morgan fingerprint density at radius 3 is 2.25 bits per heavy atom. The van der Waals surface area contributed by atoms with Gasteiger partial charge in [-0.15, -0.1) is 0 Å². The molecular formula is C13H27N3. The molecule has 1 heterocycles. The van der Waals surface area contributed by atoms with Crippen LogP contribution in [0.2, 0.25) is 0 Å². The number of piperazine rings is 1. The summed E-state index contributed by atoms with van der Waals surface area (Å²) in [4.78, 5) is 5.16. The summed E-state index contributed by atoms with van der Waals surface area (Å²) >= 11 is 0. The summed E-state index contributed by atoms with van der Waals surface area (Å²) in [5.74, 6) is 0. The Bertz CT molecular complexity index is 231. The largest absolute Gasteiger partial charge is 0.326 e. The zero-order valence-electron chi connectivity index (χ0n) is 11.1. The van der Waals surface area contributed by atoms with Gasteiger partial charge >= 0.3 is 0 Å². The highest BCUT2D eigenvalue weighted by atomic mass is 15.3. The standard InChI is InChI=1S/C13H27N3/c1-4-15-7-9-16(10-8-15)11-5-6-13(2,3)12(11)14/h11-12H,4-10,14H2,1-3H3. The molecule has 1 aliphatic heterocycles. The van der Waals surface area contributed by atoms with Crippen molar-refractivity contribution in [1.82, 2.24) is 9.80 Å². The number of nitrogens with two attached hydrogens (primary N) is 1. The van der Waals surface area contributed by atoms with Crippen LogP contribution in [0.3, 0.4) is 0 Å². The molecule has 1 saturated carbocycles. The lowest BCUT2D eigenvalue weighted by molar-refractivity contribution is 0.0875. The van der Waals surface area contributed by atoms with E-state index in [1.165, 1.54) is 45.6 Å². The minimum atomic E-state index is 0.340. The van der Waals surface area contributed by atoms with Gasteiger partial charge in [0.1, 0.15) is 0 Å². The van der Waals surface area contributed by atoms with Crippen molar-refractivity contribution in [1.29, 1.82) is 0 Å². The molecule has 2 unspecified atom stereocenters. The smallest absolute Gasteiger partial charge is 0.0253 e. The van der Waals surface area contributed by atoms with Gasteiger partial charge in [0.15, 0.2) is 0 Å². The third kappa shape index (κ3) is 2.27.